The van der Waals surface area contributed by atoms with Crippen molar-refractivity contribution < 1.29 is 52.5 Å². The van der Waals surface area contributed by atoms with Crippen molar-refractivity contribution in [2.75, 3.05) is 0 Å². The van der Waals surface area contributed by atoms with E-state index in [0.717, 1.165) is 25.7 Å². The van der Waals surface area contributed by atoms with E-state index in [1.54, 1.807) is 0 Å². The van der Waals surface area contributed by atoms with Crippen LogP contribution in [0.15, 0.2) is 0 Å². The maximum atomic E-state index is 12.3. The summed E-state index contributed by atoms with van der Waals surface area (Å²) in [7, 11) is 0. The van der Waals surface area contributed by atoms with Gasteiger partial charge >= 0.3 is 181 Å². The van der Waals surface area contributed by atoms with Crippen LogP contribution < -0.4 is 0 Å². The zero-order valence-corrected chi connectivity index (χ0v) is 20.7. The molecule has 0 atom stereocenters. The standard InChI is InChI=1S/4C5H10O2.Zr/c4*1-2-3-4-5(6)7;/h4*2-4H2,1H3,(H,6,7);/q;;;;+4/p-4. The van der Waals surface area contributed by atoms with E-state index >= 15 is 0 Å². The first-order valence-electron chi connectivity index (χ1n) is 10.7. The van der Waals surface area contributed by atoms with Crippen molar-refractivity contribution in [3.05, 3.63) is 0 Å². The van der Waals surface area contributed by atoms with Crippen LogP contribution in [0.25, 0.3) is 0 Å². The average Bonchev–Trinajstić information content (AvgIpc) is 2.67. The molecule has 0 aromatic rings. The summed E-state index contributed by atoms with van der Waals surface area (Å²) >= 11 is -5.58. The molecule has 0 N–H and O–H groups in total. The van der Waals surface area contributed by atoms with E-state index in [2.05, 4.69) is 0 Å². The van der Waals surface area contributed by atoms with Crippen molar-refractivity contribution in [2.24, 2.45) is 0 Å². The molecule has 29 heavy (non-hydrogen) atoms. The summed E-state index contributed by atoms with van der Waals surface area (Å²) in [5, 5.41) is 0. The van der Waals surface area contributed by atoms with Gasteiger partial charge in [0.1, 0.15) is 0 Å². The minimum absolute atomic E-state index is 0.0563. The molecule has 0 amide bonds. The molecule has 0 radical (unpaired) electrons. The second-order valence-corrected chi connectivity index (χ2v) is 11.3. The van der Waals surface area contributed by atoms with Crippen LogP contribution in [0.1, 0.15) is 105 Å². The molecule has 0 aliphatic heterocycles. The molecule has 0 unspecified atom stereocenters. The van der Waals surface area contributed by atoms with Gasteiger partial charge in [-0.25, -0.2) is 0 Å². The Balaban J connectivity index is 5.59. The Labute approximate surface area is 180 Å². The van der Waals surface area contributed by atoms with Crippen LogP contribution in [0.3, 0.4) is 0 Å². The summed E-state index contributed by atoms with van der Waals surface area (Å²) in [5.74, 6) is -2.79. The summed E-state index contributed by atoms with van der Waals surface area (Å²) < 4.78 is 21.3. The summed E-state index contributed by atoms with van der Waals surface area (Å²) in [6.45, 7) is 7.63. The molecule has 0 saturated heterocycles. The molecule has 0 spiro atoms. The van der Waals surface area contributed by atoms with E-state index in [0.29, 0.717) is 25.7 Å². The van der Waals surface area contributed by atoms with Gasteiger partial charge in [0, 0.05) is 0 Å². The van der Waals surface area contributed by atoms with E-state index < -0.39 is 45.9 Å². The van der Waals surface area contributed by atoms with Crippen LogP contribution in [0.5, 0.6) is 0 Å². The molecule has 0 aromatic heterocycles. The summed E-state index contributed by atoms with van der Waals surface area (Å²) in [5.41, 5.74) is 0. The zero-order chi connectivity index (χ0) is 22.1. The fourth-order valence-corrected chi connectivity index (χ4v) is 6.53. The van der Waals surface area contributed by atoms with Crippen molar-refractivity contribution in [1.29, 1.82) is 0 Å². The predicted octanol–water partition coefficient (Wildman–Crippen LogP) is 4.73. The molecule has 0 aromatic carbocycles. The minimum atomic E-state index is -5.58. The second-order valence-electron chi connectivity index (χ2n) is 6.81. The summed E-state index contributed by atoms with van der Waals surface area (Å²) in [6, 6.07) is 0. The van der Waals surface area contributed by atoms with E-state index in [1.807, 2.05) is 27.7 Å². The third-order valence-electron chi connectivity index (χ3n) is 3.89. The van der Waals surface area contributed by atoms with Crippen molar-refractivity contribution in [3.63, 3.8) is 0 Å². The van der Waals surface area contributed by atoms with E-state index in [1.165, 1.54) is 0 Å². The Morgan fingerprint density at radius 1 is 0.483 bits per heavy atom. The molecule has 8 nitrogen and oxygen atoms in total. The first-order chi connectivity index (χ1) is 13.8. The van der Waals surface area contributed by atoms with Gasteiger partial charge in [-0.2, -0.15) is 0 Å². The molecule has 0 rings (SSSR count). The Morgan fingerprint density at radius 2 is 0.690 bits per heavy atom. The van der Waals surface area contributed by atoms with Gasteiger partial charge in [-0.15, -0.1) is 0 Å². The number of hydrogen-bond donors (Lipinski definition) is 0. The third kappa shape index (κ3) is 13.6. The van der Waals surface area contributed by atoms with Crippen LogP contribution in [-0.2, 0) is 52.5 Å². The fourth-order valence-electron chi connectivity index (χ4n) is 2.17. The second kappa shape index (κ2) is 16.5. The quantitative estimate of drug-likeness (QED) is 0.302. The number of carbonyl (C=O) groups excluding carboxylic acids is 4. The Bertz CT molecular complexity index is 427. The van der Waals surface area contributed by atoms with Gasteiger partial charge in [-0.05, 0) is 0 Å². The van der Waals surface area contributed by atoms with E-state index in [9.17, 15) is 19.2 Å². The van der Waals surface area contributed by atoms with Gasteiger partial charge < -0.3 is 0 Å². The Kier molecular flexibility index (Phi) is 15.8. The molecule has 168 valence electrons. The number of rotatable bonds is 16. The SMILES string of the molecule is CCCCC(=O)[O][Zr]([O]C(=O)CCCC)([O]C(=O)CCCC)[O]C(=O)CCCC. The van der Waals surface area contributed by atoms with Crippen molar-refractivity contribution in [3.8, 4) is 0 Å². The molecule has 0 fully saturated rings. The van der Waals surface area contributed by atoms with Gasteiger partial charge in [0.25, 0.3) is 0 Å². The Hall–Kier alpha value is -1.24. The molecule has 0 bridgehead atoms. The average molecular weight is 496 g/mol. The van der Waals surface area contributed by atoms with Crippen molar-refractivity contribution in [2.45, 2.75) is 105 Å². The molecular weight excluding hydrogens is 459 g/mol. The molecule has 0 aliphatic carbocycles. The van der Waals surface area contributed by atoms with Crippen LogP contribution >= 0.6 is 0 Å². The molecule has 9 heteroatoms. The van der Waals surface area contributed by atoms with Crippen LogP contribution in [0.4, 0.5) is 0 Å². The van der Waals surface area contributed by atoms with Gasteiger partial charge in [0.15, 0.2) is 0 Å². The van der Waals surface area contributed by atoms with Crippen molar-refractivity contribution in [1.82, 2.24) is 0 Å². The van der Waals surface area contributed by atoms with Crippen molar-refractivity contribution >= 4 is 23.9 Å². The first-order valence-corrected chi connectivity index (χ1v) is 14.7. The first kappa shape index (κ1) is 27.8. The topological polar surface area (TPSA) is 105 Å². The number of unbranched alkanes of at least 4 members (excludes halogenated alkanes) is 4. The summed E-state index contributed by atoms with van der Waals surface area (Å²) in [4.78, 5) is 49.0. The predicted molar refractivity (Wildman–Crippen MR) is 102 cm³/mol. The number of hydrogen-bond acceptors (Lipinski definition) is 8. The fraction of sp³-hybridized carbons (Fsp3) is 0.800. The van der Waals surface area contributed by atoms with Gasteiger partial charge in [-0.1, -0.05) is 0 Å². The normalized spacial score (nSPS) is 10.9. The van der Waals surface area contributed by atoms with Gasteiger partial charge in [-0.3, -0.25) is 0 Å². The molecule has 0 aliphatic rings. The van der Waals surface area contributed by atoms with E-state index in [-0.39, 0.29) is 25.7 Å². The maximum absolute atomic E-state index is 12.3. The number of carbonyl (C=O) groups is 4. The van der Waals surface area contributed by atoms with Crippen LogP contribution in [0, 0.1) is 0 Å². The zero-order valence-electron chi connectivity index (χ0n) is 18.3. The third-order valence-corrected chi connectivity index (χ3v) is 8.59. The Morgan fingerprint density at radius 3 is 0.862 bits per heavy atom. The molecule has 0 saturated carbocycles. The van der Waals surface area contributed by atoms with Gasteiger partial charge in [0.2, 0.25) is 0 Å². The van der Waals surface area contributed by atoms with E-state index in [4.69, 9.17) is 11.3 Å². The van der Waals surface area contributed by atoms with Crippen LogP contribution in [0.2, 0.25) is 0 Å². The monoisotopic (exact) mass is 494 g/mol. The van der Waals surface area contributed by atoms with Gasteiger partial charge in [0.05, 0.1) is 0 Å². The molecule has 0 heterocycles. The molecular formula is C20H36O8Zr. The van der Waals surface area contributed by atoms with Crippen LogP contribution in [-0.4, -0.2) is 23.9 Å². The summed E-state index contributed by atoms with van der Waals surface area (Å²) in [6.07, 6.45) is 5.44.